The summed E-state index contributed by atoms with van der Waals surface area (Å²) in [7, 11) is 0. The van der Waals surface area contributed by atoms with Gasteiger partial charge in [-0.2, -0.15) is 0 Å². The summed E-state index contributed by atoms with van der Waals surface area (Å²) < 4.78 is 0. The van der Waals surface area contributed by atoms with Crippen molar-refractivity contribution in [2.24, 2.45) is 0 Å². The SMILES string of the molecule is C[C@H](NC(=O)Cc1ccc(Cl)cc1)C(=O)N1CCc2ccccc2C1. The lowest BCUT2D eigenvalue weighted by Crippen LogP contribution is -2.48. The Bertz CT molecular complexity index is 774. The number of halogens is 1. The summed E-state index contributed by atoms with van der Waals surface area (Å²) in [5, 5.41) is 3.44. The van der Waals surface area contributed by atoms with Gasteiger partial charge in [0.2, 0.25) is 11.8 Å². The number of carbonyl (C=O) groups excluding carboxylic acids is 2. The van der Waals surface area contributed by atoms with Crippen molar-refractivity contribution in [2.45, 2.75) is 32.4 Å². The van der Waals surface area contributed by atoms with Crippen molar-refractivity contribution in [3.63, 3.8) is 0 Å². The van der Waals surface area contributed by atoms with E-state index in [1.807, 2.05) is 29.2 Å². The minimum atomic E-state index is -0.537. The first kappa shape index (κ1) is 17.5. The molecular formula is C20H21ClN2O2. The number of benzene rings is 2. The Balaban J connectivity index is 1.56. The lowest BCUT2D eigenvalue weighted by molar-refractivity contribution is -0.136. The number of hydrogen-bond acceptors (Lipinski definition) is 2. The van der Waals surface area contributed by atoms with Gasteiger partial charge in [-0.3, -0.25) is 9.59 Å². The fourth-order valence-electron chi connectivity index (χ4n) is 3.10. The van der Waals surface area contributed by atoms with E-state index in [9.17, 15) is 9.59 Å². The van der Waals surface area contributed by atoms with E-state index >= 15 is 0 Å². The Morgan fingerprint density at radius 2 is 1.80 bits per heavy atom. The summed E-state index contributed by atoms with van der Waals surface area (Å²) in [5.41, 5.74) is 3.35. The van der Waals surface area contributed by atoms with Crippen LogP contribution in [0.1, 0.15) is 23.6 Å². The third kappa shape index (κ3) is 4.40. The highest BCUT2D eigenvalue weighted by atomic mass is 35.5. The van der Waals surface area contributed by atoms with Gasteiger partial charge in [0.25, 0.3) is 0 Å². The first-order chi connectivity index (χ1) is 12.0. The molecule has 0 spiro atoms. The molecule has 0 bridgehead atoms. The van der Waals surface area contributed by atoms with E-state index in [4.69, 9.17) is 11.6 Å². The van der Waals surface area contributed by atoms with Crippen LogP contribution in [0.25, 0.3) is 0 Å². The number of fused-ring (bicyclic) bond motifs is 1. The first-order valence-electron chi connectivity index (χ1n) is 8.42. The van der Waals surface area contributed by atoms with Crippen molar-refractivity contribution in [3.05, 3.63) is 70.2 Å². The summed E-state index contributed by atoms with van der Waals surface area (Å²) in [6.07, 6.45) is 1.09. The van der Waals surface area contributed by atoms with Gasteiger partial charge in [-0.25, -0.2) is 0 Å². The fraction of sp³-hybridized carbons (Fsp3) is 0.300. The maximum Gasteiger partial charge on any atom is 0.245 e. The Labute approximate surface area is 152 Å². The zero-order valence-corrected chi connectivity index (χ0v) is 14.9. The van der Waals surface area contributed by atoms with Gasteiger partial charge in [-0.15, -0.1) is 0 Å². The van der Waals surface area contributed by atoms with Crippen LogP contribution in [0.15, 0.2) is 48.5 Å². The van der Waals surface area contributed by atoms with Crippen LogP contribution in [-0.2, 0) is 29.0 Å². The van der Waals surface area contributed by atoms with Gasteiger partial charge < -0.3 is 10.2 Å². The van der Waals surface area contributed by atoms with Crippen molar-refractivity contribution in [1.29, 1.82) is 0 Å². The van der Waals surface area contributed by atoms with Crippen LogP contribution in [0, 0.1) is 0 Å². The monoisotopic (exact) mass is 356 g/mol. The lowest BCUT2D eigenvalue weighted by atomic mass is 9.99. The zero-order chi connectivity index (χ0) is 17.8. The van der Waals surface area contributed by atoms with E-state index in [1.165, 1.54) is 11.1 Å². The molecule has 5 heteroatoms. The van der Waals surface area contributed by atoms with Gasteiger partial charge in [0.15, 0.2) is 0 Å². The largest absolute Gasteiger partial charge is 0.344 e. The Kier molecular flexibility index (Phi) is 5.39. The third-order valence-electron chi connectivity index (χ3n) is 4.47. The normalized spacial score (nSPS) is 14.6. The average molecular weight is 357 g/mol. The number of nitrogens with zero attached hydrogens (tertiary/aromatic N) is 1. The van der Waals surface area contributed by atoms with Gasteiger partial charge in [0, 0.05) is 18.1 Å². The van der Waals surface area contributed by atoms with Gasteiger partial charge in [-0.05, 0) is 42.2 Å². The summed E-state index contributed by atoms with van der Waals surface area (Å²) in [6.45, 7) is 3.03. The van der Waals surface area contributed by atoms with Crippen molar-refractivity contribution in [1.82, 2.24) is 10.2 Å². The molecule has 2 aromatic carbocycles. The second-order valence-electron chi connectivity index (χ2n) is 6.37. The van der Waals surface area contributed by atoms with Crippen LogP contribution in [0.3, 0.4) is 0 Å². The molecule has 0 aliphatic carbocycles. The first-order valence-corrected chi connectivity index (χ1v) is 8.80. The smallest absolute Gasteiger partial charge is 0.245 e. The van der Waals surface area contributed by atoms with Crippen molar-refractivity contribution < 1.29 is 9.59 Å². The average Bonchev–Trinajstić information content (AvgIpc) is 2.62. The molecule has 2 aromatic rings. The van der Waals surface area contributed by atoms with E-state index in [-0.39, 0.29) is 18.2 Å². The highest BCUT2D eigenvalue weighted by Gasteiger charge is 2.25. The topological polar surface area (TPSA) is 49.4 Å². The van der Waals surface area contributed by atoms with Crippen LogP contribution in [0.4, 0.5) is 0 Å². The van der Waals surface area contributed by atoms with E-state index in [2.05, 4.69) is 17.4 Å². The van der Waals surface area contributed by atoms with Crippen molar-refractivity contribution >= 4 is 23.4 Å². The molecule has 1 heterocycles. The molecule has 3 rings (SSSR count). The molecule has 4 nitrogen and oxygen atoms in total. The Morgan fingerprint density at radius 3 is 2.52 bits per heavy atom. The van der Waals surface area contributed by atoms with Crippen LogP contribution in [0.2, 0.25) is 5.02 Å². The van der Waals surface area contributed by atoms with Gasteiger partial charge in [0.1, 0.15) is 6.04 Å². The van der Waals surface area contributed by atoms with E-state index in [0.717, 1.165) is 12.0 Å². The van der Waals surface area contributed by atoms with Crippen molar-refractivity contribution in [3.8, 4) is 0 Å². The Morgan fingerprint density at radius 1 is 1.12 bits per heavy atom. The van der Waals surface area contributed by atoms with Crippen LogP contribution < -0.4 is 5.32 Å². The second-order valence-corrected chi connectivity index (χ2v) is 6.81. The standard InChI is InChI=1S/C20H21ClN2O2/c1-14(22-19(24)12-15-6-8-18(21)9-7-15)20(25)23-11-10-16-4-2-3-5-17(16)13-23/h2-9,14H,10-13H2,1H3,(H,22,24)/t14-/m0/s1. The number of amides is 2. The molecule has 1 aliphatic rings. The van der Waals surface area contributed by atoms with Gasteiger partial charge in [-0.1, -0.05) is 48.0 Å². The van der Waals surface area contributed by atoms with E-state index < -0.39 is 6.04 Å². The summed E-state index contributed by atoms with van der Waals surface area (Å²) in [4.78, 5) is 26.6. The quantitative estimate of drug-likeness (QED) is 0.915. The molecule has 25 heavy (non-hydrogen) atoms. The molecule has 130 valence electrons. The number of rotatable bonds is 4. The molecule has 1 atom stereocenters. The van der Waals surface area contributed by atoms with Crippen LogP contribution in [-0.4, -0.2) is 29.3 Å². The van der Waals surface area contributed by atoms with Gasteiger partial charge >= 0.3 is 0 Å². The predicted molar refractivity (Wildman–Crippen MR) is 98.3 cm³/mol. The molecule has 0 saturated carbocycles. The minimum Gasteiger partial charge on any atom is -0.344 e. The fourth-order valence-corrected chi connectivity index (χ4v) is 3.23. The molecule has 0 radical (unpaired) electrons. The highest BCUT2D eigenvalue weighted by molar-refractivity contribution is 6.30. The predicted octanol–water partition coefficient (Wildman–Crippen LogP) is 2.97. The van der Waals surface area contributed by atoms with E-state index in [1.54, 1.807) is 19.1 Å². The second kappa shape index (κ2) is 7.70. The van der Waals surface area contributed by atoms with E-state index in [0.29, 0.717) is 18.1 Å². The molecule has 0 aromatic heterocycles. The summed E-state index contributed by atoms with van der Waals surface area (Å²) in [6, 6.07) is 14.8. The minimum absolute atomic E-state index is 0.0426. The van der Waals surface area contributed by atoms with Crippen LogP contribution in [0.5, 0.6) is 0 Å². The summed E-state index contributed by atoms with van der Waals surface area (Å²) >= 11 is 5.85. The van der Waals surface area contributed by atoms with Crippen LogP contribution >= 0.6 is 11.6 Å². The molecular weight excluding hydrogens is 336 g/mol. The molecule has 0 unspecified atom stereocenters. The third-order valence-corrected chi connectivity index (χ3v) is 4.72. The Hall–Kier alpha value is -2.33. The number of hydrogen-bond donors (Lipinski definition) is 1. The zero-order valence-electron chi connectivity index (χ0n) is 14.2. The van der Waals surface area contributed by atoms with Crippen molar-refractivity contribution in [2.75, 3.05) is 6.54 Å². The lowest BCUT2D eigenvalue weighted by Gasteiger charge is -2.31. The molecule has 2 amide bonds. The molecule has 1 aliphatic heterocycles. The molecule has 0 saturated heterocycles. The summed E-state index contributed by atoms with van der Waals surface area (Å²) in [5.74, 6) is -0.209. The maximum atomic E-state index is 12.6. The van der Waals surface area contributed by atoms with Gasteiger partial charge in [0.05, 0.1) is 6.42 Å². The highest BCUT2D eigenvalue weighted by Crippen LogP contribution is 2.19. The number of carbonyl (C=O) groups is 2. The maximum absolute atomic E-state index is 12.6. The molecule has 1 N–H and O–H groups in total. The number of nitrogens with one attached hydrogen (secondary N) is 1. The molecule has 0 fully saturated rings.